The van der Waals surface area contributed by atoms with Crippen LogP contribution in [0.4, 0.5) is 15.8 Å². The van der Waals surface area contributed by atoms with Crippen LogP contribution < -0.4 is 10.6 Å². The van der Waals surface area contributed by atoms with Crippen molar-refractivity contribution < 1.29 is 4.39 Å². The first kappa shape index (κ1) is 16.5. The van der Waals surface area contributed by atoms with Gasteiger partial charge in [0, 0.05) is 16.9 Å². The quantitative estimate of drug-likeness (QED) is 0.791. The molecular formula is C17H27FN2. The third-order valence-electron chi connectivity index (χ3n) is 2.93. The van der Waals surface area contributed by atoms with Crippen molar-refractivity contribution in [1.29, 1.82) is 0 Å². The summed E-state index contributed by atoms with van der Waals surface area (Å²) in [7, 11) is 0. The lowest BCUT2D eigenvalue weighted by Gasteiger charge is -2.41. The molecule has 0 unspecified atom stereocenters. The molecule has 0 aliphatic carbocycles. The molecular weight excluding hydrogens is 251 g/mol. The number of halogens is 1. The Bertz CT molecular complexity index is 493. The number of benzene rings is 1. The molecule has 0 bridgehead atoms. The Kier molecular flexibility index (Phi) is 4.52. The van der Waals surface area contributed by atoms with Gasteiger partial charge in [-0.25, -0.2) is 4.39 Å². The SMILES string of the molecule is C=C(CC(C)(C)C)N(c1ccc(N)cc1F)C(C)(C)C. The first-order valence-electron chi connectivity index (χ1n) is 6.95. The fourth-order valence-electron chi connectivity index (χ4n) is 2.40. The molecule has 20 heavy (non-hydrogen) atoms. The normalized spacial score (nSPS) is 12.3. The van der Waals surface area contributed by atoms with Crippen molar-refractivity contribution >= 4 is 11.4 Å². The van der Waals surface area contributed by atoms with Gasteiger partial charge < -0.3 is 10.6 Å². The average molecular weight is 278 g/mol. The minimum absolute atomic E-state index is 0.102. The minimum atomic E-state index is -0.310. The molecule has 0 spiro atoms. The molecule has 0 radical (unpaired) electrons. The van der Waals surface area contributed by atoms with E-state index >= 15 is 0 Å². The molecule has 1 aromatic rings. The second-order valence-electron chi connectivity index (χ2n) is 7.52. The van der Waals surface area contributed by atoms with Gasteiger partial charge in [-0.2, -0.15) is 0 Å². The molecule has 0 atom stereocenters. The van der Waals surface area contributed by atoms with Crippen molar-refractivity contribution in [2.24, 2.45) is 5.41 Å². The van der Waals surface area contributed by atoms with Crippen molar-refractivity contribution in [2.45, 2.75) is 53.5 Å². The molecule has 2 nitrogen and oxygen atoms in total. The van der Waals surface area contributed by atoms with Gasteiger partial charge in [0.05, 0.1) is 5.69 Å². The number of nitrogens with zero attached hydrogens (tertiary/aromatic N) is 1. The van der Waals surface area contributed by atoms with Gasteiger partial charge in [-0.1, -0.05) is 27.4 Å². The highest BCUT2D eigenvalue weighted by Crippen LogP contribution is 2.35. The number of nitrogens with two attached hydrogens (primary N) is 1. The Morgan fingerprint density at radius 2 is 1.75 bits per heavy atom. The summed E-state index contributed by atoms with van der Waals surface area (Å²) in [6.07, 6.45) is 0.800. The molecule has 1 rings (SSSR count). The lowest BCUT2D eigenvalue weighted by atomic mass is 9.89. The largest absolute Gasteiger partial charge is 0.399 e. The van der Waals surface area contributed by atoms with E-state index in [1.165, 1.54) is 6.07 Å². The second kappa shape index (κ2) is 5.47. The monoisotopic (exact) mass is 278 g/mol. The van der Waals surface area contributed by atoms with Crippen molar-refractivity contribution in [1.82, 2.24) is 0 Å². The molecule has 0 fully saturated rings. The van der Waals surface area contributed by atoms with E-state index in [1.807, 2.05) is 4.90 Å². The topological polar surface area (TPSA) is 29.3 Å². The van der Waals surface area contributed by atoms with E-state index in [2.05, 4.69) is 48.1 Å². The van der Waals surface area contributed by atoms with Crippen LogP contribution in [-0.4, -0.2) is 5.54 Å². The van der Waals surface area contributed by atoms with Crippen LogP contribution in [0.3, 0.4) is 0 Å². The molecule has 112 valence electrons. The zero-order valence-electron chi connectivity index (χ0n) is 13.5. The second-order valence-corrected chi connectivity index (χ2v) is 7.52. The van der Waals surface area contributed by atoms with Crippen molar-refractivity contribution in [3.63, 3.8) is 0 Å². The predicted molar refractivity (Wildman–Crippen MR) is 86.3 cm³/mol. The fraction of sp³-hybridized carbons (Fsp3) is 0.529. The first-order chi connectivity index (χ1) is 8.92. The molecule has 1 aromatic carbocycles. The van der Waals surface area contributed by atoms with Crippen LogP contribution in [0.2, 0.25) is 0 Å². The van der Waals surface area contributed by atoms with Gasteiger partial charge in [0.2, 0.25) is 0 Å². The van der Waals surface area contributed by atoms with Crippen LogP contribution in [0.5, 0.6) is 0 Å². The summed E-state index contributed by atoms with van der Waals surface area (Å²) in [5.41, 5.74) is 7.36. The molecule has 0 saturated heterocycles. The molecule has 0 aliphatic rings. The molecule has 0 amide bonds. The Labute approximate surface area is 122 Å². The van der Waals surface area contributed by atoms with E-state index in [1.54, 1.807) is 12.1 Å². The van der Waals surface area contributed by atoms with E-state index in [-0.39, 0.29) is 16.8 Å². The predicted octanol–water partition coefficient (Wildman–Crippen LogP) is 4.96. The summed E-state index contributed by atoms with van der Waals surface area (Å²) in [5, 5.41) is 0. The maximum atomic E-state index is 14.3. The van der Waals surface area contributed by atoms with E-state index in [9.17, 15) is 4.39 Å². The van der Waals surface area contributed by atoms with Crippen LogP contribution in [0, 0.1) is 11.2 Å². The van der Waals surface area contributed by atoms with Gasteiger partial charge in [0.1, 0.15) is 5.82 Å². The highest BCUT2D eigenvalue weighted by Gasteiger charge is 2.28. The minimum Gasteiger partial charge on any atom is -0.399 e. The summed E-state index contributed by atoms with van der Waals surface area (Å²) in [5.74, 6) is -0.310. The molecule has 0 aliphatic heterocycles. The van der Waals surface area contributed by atoms with E-state index in [0.29, 0.717) is 11.4 Å². The zero-order chi connectivity index (χ0) is 15.7. The average Bonchev–Trinajstić information content (AvgIpc) is 2.17. The van der Waals surface area contributed by atoms with Crippen molar-refractivity contribution in [2.75, 3.05) is 10.6 Å². The summed E-state index contributed by atoms with van der Waals surface area (Å²) in [4.78, 5) is 1.97. The van der Waals surface area contributed by atoms with Crippen LogP contribution in [-0.2, 0) is 0 Å². The molecule has 2 N–H and O–H groups in total. The number of nitrogen functional groups attached to an aromatic ring is 1. The Balaban J connectivity index is 3.24. The smallest absolute Gasteiger partial charge is 0.148 e. The fourth-order valence-corrected chi connectivity index (χ4v) is 2.40. The number of rotatable bonds is 3. The maximum absolute atomic E-state index is 14.3. The highest BCUT2D eigenvalue weighted by atomic mass is 19.1. The lowest BCUT2D eigenvalue weighted by molar-refractivity contribution is 0.391. The number of anilines is 2. The Morgan fingerprint density at radius 3 is 2.15 bits per heavy atom. The Morgan fingerprint density at radius 1 is 1.20 bits per heavy atom. The lowest BCUT2D eigenvalue weighted by Crippen LogP contribution is -2.41. The summed E-state index contributed by atoms with van der Waals surface area (Å²) in [6, 6.07) is 4.81. The molecule has 3 heteroatoms. The number of hydrogen-bond acceptors (Lipinski definition) is 2. The maximum Gasteiger partial charge on any atom is 0.148 e. The van der Waals surface area contributed by atoms with Gasteiger partial charge in [-0.15, -0.1) is 0 Å². The molecule has 0 saturated carbocycles. The molecule has 0 heterocycles. The van der Waals surface area contributed by atoms with Crippen molar-refractivity contribution in [3.8, 4) is 0 Å². The number of hydrogen-bond donors (Lipinski definition) is 1. The van der Waals surface area contributed by atoms with Crippen LogP contribution >= 0.6 is 0 Å². The van der Waals surface area contributed by atoms with E-state index < -0.39 is 0 Å². The van der Waals surface area contributed by atoms with Crippen LogP contribution in [0.15, 0.2) is 30.5 Å². The van der Waals surface area contributed by atoms with Crippen LogP contribution in [0.1, 0.15) is 48.0 Å². The standard InChI is InChI=1S/C17H27FN2/c1-12(11-16(2,3)4)20(17(5,6)7)15-9-8-13(19)10-14(15)18/h8-10H,1,11,19H2,2-7H3. The van der Waals surface area contributed by atoms with Crippen LogP contribution in [0.25, 0.3) is 0 Å². The third-order valence-corrected chi connectivity index (χ3v) is 2.93. The summed E-state index contributed by atoms with van der Waals surface area (Å²) < 4.78 is 14.3. The van der Waals surface area contributed by atoms with Gasteiger partial charge in [-0.3, -0.25) is 0 Å². The summed E-state index contributed by atoms with van der Waals surface area (Å²) in [6.45, 7) is 16.8. The Hall–Kier alpha value is -1.51. The van der Waals surface area contributed by atoms with Gasteiger partial charge in [0.15, 0.2) is 0 Å². The van der Waals surface area contributed by atoms with E-state index in [4.69, 9.17) is 5.73 Å². The number of allylic oxidation sites excluding steroid dienone is 1. The van der Waals surface area contributed by atoms with E-state index in [0.717, 1.165) is 12.1 Å². The van der Waals surface area contributed by atoms with Gasteiger partial charge in [0.25, 0.3) is 0 Å². The third kappa shape index (κ3) is 4.26. The first-order valence-corrected chi connectivity index (χ1v) is 6.95. The van der Waals surface area contributed by atoms with Gasteiger partial charge >= 0.3 is 0 Å². The molecule has 0 aromatic heterocycles. The van der Waals surface area contributed by atoms with Gasteiger partial charge in [-0.05, 0) is 50.8 Å². The summed E-state index contributed by atoms with van der Waals surface area (Å²) >= 11 is 0. The zero-order valence-corrected chi connectivity index (χ0v) is 13.5. The highest BCUT2D eigenvalue weighted by molar-refractivity contribution is 5.59. The van der Waals surface area contributed by atoms with Crippen molar-refractivity contribution in [3.05, 3.63) is 36.3 Å².